The third-order valence-corrected chi connectivity index (χ3v) is 11.0. The van der Waals surface area contributed by atoms with Gasteiger partial charge in [0.15, 0.2) is 0 Å². The number of ether oxygens (including phenoxy) is 1. The molecule has 1 spiro atoms. The van der Waals surface area contributed by atoms with Crippen LogP contribution in [-0.4, -0.2) is 59.4 Å². The number of hydrogen-bond acceptors (Lipinski definition) is 7. The number of nitrogens with two attached hydrogens (primary N) is 1. The van der Waals surface area contributed by atoms with E-state index in [-0.39, 0.29) is 29.6 Å². The second-order valence-electron chi connectivity index (χ2n) is 12.1. The summed E-state index contributed by atoms with van der Waals surface area (Å²) in [6.07, 6.45) is 5.64. The molecule has 2 saturated carbocycles. The average Bonchev–Trinajstić information content (AvgIpc) is 2.97. The van der Waals surface area contributed by atoms with E-state index in [4.69, 9.17) is 15.7 Å². The molecule has 1 amide bonds. The molecular weight excluding hydrogens is 635 g/mol. The van der Waals surface area contributed by atoms with Crippen LogP contribution >= 0.6 is 22.6 Å². The minimum atomic E-state index is -4.36. The van der Waals surface area contributed by atoms with E-state index < -0.39 is 44.7 Å². The number of halogens is 5. The van der Waals surface area contributed by atoms with E-state index in [0.717, 1.165) is 68.5 Å². The molecule has 2 aliphatic carbocycles. The summed E-state index contributed by atoms with van der Waals surface area (Å²) >= 11 is 1.74. The second kappa shape index (κ2) is 14.5. The number of unbranched alkanes of at least 4 members (excludes halogenated alkanes) is 1. The quantitative estimate of drug-likeness (QED) is 0.103. The normalized spacial score (nSPS) is 21.6. The summed E-state index contributed by atoms with van der Waals surface area (Å²) in [7, 11) is -3.00. The van der Waals surface area contributed by atoms with Crippen LogP contribution in [0, 0.1) is 28.4 Å². The molecule has 1 atom stereocenters. The first-order chi connectivity index (χ1) is 21.2. The molecule has 2 aromatic carbocycles. The average molecular weight is 675 g/mol. The van der Waals surface area contributed by atoms with Crippen molar-refractivity contribution in [1.82, 2.24) is 9.62 Å². The van der Waals surface area contributed by atoms with Gasteiger partial charge in [-0.25, -0.2) is 17.6 Å². The predicted octanol–water partition coefficient (Wildman–Crippen LogP) is 7.61. The summed E-state index contributed by atoms with van der Waals surface area (Å²) in [5.41, 5.74) is 3.35. The van der Waals surface area contributed by atoms with Gasteiger partial charge in [0.05, 0.1) is 16.1 Å². The van der Waals surface area contributed by atoms with Crippen LogP contribution in [-0.2, 0) is 9.53 Å². The standard InChI is InChI=1S/C16H20F3NS.C15H19F2N3O3S/c17-13-3-5-14(6-4-13)21-8-2-1-7-20-11-15(12-20)9-16(18,19)10-15;1-23-15(5-3-2-4-6-15)14(21)20-24(17,22)11-7-10(9-18)13(19)12(16)8-11/h3-6H,1-2,7-12H2;7-8,22H,2-6,19H2,1H3,(H,20,21). The molecule has 1 aliphatic heterocycles. The van der Waals surface area contributed by atoms with Crippen LogP contribution in [0.25, 0.3) is 0 Å². The Morgan fingerprint density at radius 3 is 2.36 bits per heavy atom. The molecule has 5 rings (SSSR count). The first-order valence-electron chi connectivity index (χ1n) is 14.8. The second-order valence-corrected chi connectivity index (χ2v) is 15.0. The van der Waals surface area contributed by atoms with Crippen molar-refractivity contribution in [2.75, 3.05) is 38.2 Å². The Hall–Kier alpha value is -2.57. The Balaban J connectivity index is 0.000000206. The Morgan fingerprint density at radius 1 is 1.13 bits per heavy atom. The zero-order valence-corrected chi connectivity index (χ0v) is 26.7. The molecule has 0 aromatic heterocycles. The SMILES string of the molecule is COC1(C(=O)NS(O)(F)c2cc(F)c(N)c(C#N)c2)CCCCC1.Fc1ccc(SCCCCN2CC3(C2)CC(F)(F)C3)cc1. The molecule has 2 aromatic rings. The molecule has 0 bridgehead atoms. The maximum Gasteiger partial charge on any atom is 0.264 e. The van der Waals surface area contributed by atoms with Crippen LogP contribution in [0.1, 0.15) is 63.4 Å². The number of nitriles is 1. The van der Waals surface area contributed by atoms with Crippen molar-refractivity contribution in [1.29, 1.82) is 5.26 Å². The third-order valence-electron chi connectivity index (χ3n) is 8.57. The van der Waals surface area contributed by atoms with Crippen molar-refractivity contribution in [2.45, 2.75) is 79.1 Å². The topological polar surface area (TPSA) is 112 Å². The number of likely N-dealkylation sites (tertiary alicyclic amines) is 1. The summed E-state index contributed by atoms with van der Waals surface area (Å²) in [4.78, 5) is 15.3. The van der Waals surface area contributed by atoms with Gasteiger partial charge in [0.1, 0.15) is 34.2 Å². The van der Waals surface area contributed by atoms with Crippen LogP contribution in [0.2, 0.25) is 0 Å². The molecule has 1 saturated heterocycles. The summed E-state index contributed by atoms with van der Waals surface area (Å²) in [5, 5.41) is 8.90. The first-order valence-corrected chi connectivity index (χ1v) is 17.3. The molecule has 14 heteroatoms. The smallest absolute Gasteiger partial charge is 0.264 e. The van der Waals surface area contributed by atoms with Gasteiger partial charge >= 0.3 is 0 Å². The van der Waals surface area contributed by atoms with Gasteiger partial charge in [-0.3, -0.25) is 9.52 Å². The van der Waals surface area contributed by atoms with Gasteiger partial charge in [-0.1, -0.05) is 19.3 Å². The van der Waals surface area contributed by atoms with Gasteiger partial charge in [0.25, 0.3) is 5.91 Å². The molecule has 3 aliphatic rings. The lowest BCUT2D eigenvalue weighted by Gasteiger charge is -2.58. The lowest BCUT2D eigenvalue weighted by molar-refractivity contribution is -0.213. The number of nitrogens with one attached hydrogen (secondary N) is 1. The van der Waals surface area contributed by atoms with E-state index in [9.17, 15) is 30.8 Å². The minimum absolute atomic E-state index is 0.0492. The Labute approximate surface area is 266 Å². The maximum absolute atomic E-state index is 14.7. The minimum Gasteiger partial charge on any atom is -0.395 e. The number of carbonyl (C=O) groups excluding carboxylic acids is 1. The molecular formula is C31H39F5N4O3S2. The first kappa shape index (κ1) is 35.3. The number of rotatable bonds is 10. The van der Waals surface area contributed by atoms with Crippen molar-refractivity contribution < 1.29 is 35.5 Å². The number of thioether (sulfide) groups is 1. The maximum atomic E-state index is 14.7. The third kappa shape index (κ3) is 8.83. The highest BCUT2D eigenvalue weighted by Gasteiger charge is 2.61. The highest BCUT2D eigenvalue weighted by Crippen LogP contribution is 2.56. The van der Waals surface area contributed by atoms with E-state index in [1.54, 1.807) is 30.0 Å². The fourth-order valence-electron chi connectivity index (χ4n) is 6.25. The summed E-state index contributed by atoms with van der Waals surface area (Å²) < 4.78 is 84.2. The zero-order valence-electron chi connectivity index (χ0n) is 25.1. The molecule has 248 valence electrons. The molecule has 1 heterocycles. The molecule has 0 radical (unpaired) electrons. The fraction of sp³-hybridized carbons (Fsp3) is 0.548. The Morgan fingerprint density at radius 2 is 1.78 bits per heavy atom. The zero-order chi connectivity index (χ0) is 32.9. The van der Waals surface area contributed by atoms with Crippen LogP contribution in [0.5, 0.6) is 0 Å². The number of nitrogen functional groups attached to an aromatic ring is 1. The lowest BCUT2D eigenvalue weighted by Crippen LogP contribution is -2.65. The van der Waals surface area contributed by atoms with Crippen molar-refractivity contribution in [3.63, 3.8) is 0 Å². The summed E-state index contributed by atoms with van der Waals surface area (Å²) in [6.45, 7) is 2.72. The van der Waals surface area contributed by atoms with Gasteiger partial charge in [0.2, 0.25) is 5.92 Å². The number of methoxy groups -OCH3 is 1. The van der Waals surface area contributed by atoms with Gasteiger partial charge < -0.3 is 19.9 Å². The van der Waals surface area contributed by atoms with Gasteiger partial charge in [0, 0.05) is 43.4 Å². The Bertz CT molecular complexity index is 1370. The van der Waals surface area contributed by atoms with Crippen molar-refractivity contribution in [2.24, 2.45) is 5.41 Å². The number of nitrogens with zero attached hydrogens (tertiary/aromatic N) is 2. The van der Waals surface area contributed by atoms with Crippen molar-refractivity contribution >= 4 is 34.2 Å². The summed E-state index contributed by atoms with van der Waals surface area (Å²) in [6, 6.07) is 9.78. The largest absolute Gasteiger partial charge is 0.395 e. The molecule has 45 heavy (non-hydrogen) atoms. The Kier molecular flexibility index (Phi) is 11.3. The van der Waals surface area contributed by atoms with Gasteiger partial charge in [-0.15, -0.1) is 15.6 Å². The molecule has 4 N–H and O–H groups in total. The van der Waals surface area contributed by atoms with E-state index in [0.29, 0.717) is 18.9 Å². The monoisotopic (exact) mass is 674 g/mol. The number of alkyl halides is 2. The van der Waals surface area contributed by atoms with Gasteiger partial charge in [-0.05, 0) is 74.4 Å². The predicted molar refractivity (Wildman–Crippen MR) is 166 cm³/mol. The molecule has 7 nitrogen and oxygen atoms in total. The lowest BCUT2D eigenvalue weighted by atomic mass is 9.61. The van der Waals surface area contributed by atoms with Crippen LogP contribution in [0.3, 0.4) is 0 Å². The van der Waals surface area contributed by atoms with E-state index in [1.165, 1.54) is 19.2 Å². The van der Waals surface area contributed by atoms with Crippen LogP contribution in [0.4, 0.5) is 27.1 Å². The molecule has 1 unspecified atom stereocenters. The number of benzene rings is 2. The highest BCUT2D eigenvalue weighted by atomic mass is 32.3. The number of amides is 1. The number of carbonyl (C=O) groups is 1. The number of anilines is 1. The van der Waals surface area contributed by atoms with Crippen molar-refractivity contribution in [3.05, 3.63) is 53.6 Å². The molecule has 3 fully saturated rings. The van der Waals surface area contributed by atoms with Crippen LogP contribution < -0.4 is 10.5 Å². The summed E-state index contributed by atoms with van der Waals surface area (Å²) in [5.74, 6) is -3.41. The number of hydrogen-bond donors (Lipinski definition) is 3. The van der Waals surface area contributed by atoms with E-state index in [2.05, 4.69) is 4.90 Å². The fourth-order valence-corrected chi connectivity index (χ4v) is 8.25. The van der Waals surface area contributed by atoms with Crippen molar-refractivity contribution in [3.8, 4) is 6.07 Å². The van der Waals surface area contributed by atoms with Gasteiger partial charge in [-0.2, -0.15) is 5.26 Å². The highest BCUT2D eigenvalue weighted by molar-refractivity contribution is 8.23. The van der Waals surface area contributed by atoms with E-state index in [1.807, 2.05) is 4.72 Å². The van der Waals surface area contributed by atoms with E-state index >= 15 is 0 Å². The van der Waals surface area contributed by atoms with Crippen LogP contribution in [0.15, 0.2) is 46.2 Å².